The maximum Gasteiger partial charge on any atom is 0.242 e. The van der Waals surface area contributed by atoms with E-state index in [9.17, 15) is 8.42 Å². The smallest absolute Gasteiger partial charge is 0.242 e. The van der Waals surface area contributed by atoms with Crippen LogP contribution < -0.4 is 10.0 Å². The van der Waals surface area contributed by atoms with Gasteiger partial charge in [0.25, 0.3) is 0 Å². The summed E-state index contributed by atoms with van der Waals surface area (Å²) in [6.45, 7) is 6.43. The van der Waals surface area contributed by atoms with Crippen molar-refractivity contribution in [1.29, 1.82) is 0 Å². The van der Waals surface area contributed by atoms with Crippen LogP contribution in [0.3, 0.4) is 0 Å². The van der Waals surface area contributed by atoms with Crippen molar-refractivity contribution in [3.63, 3.8) is 0 Å². The summed E-state index contributed by atoms with van der Waals surface area (Å²) in [5.41, 5.74) is 0. The predicted molar refractivity (Wildman–Crippen MR) is 83.9 cm³/mol. The van der Waals surface area contributed by atoms with Gasteiger partial charge < -0.3 is 10.2 Å². The summed E-state index contributed by atoms with van der Waals surface area (Å²) in [5, 5.41) is 3.04. The Morgan fingerprint density at radius 1 is 1.29 bits per heavy atom. The number of nitrogens with zero attached hydrogens (tertiary/aromatic N) is 2. The number of rotatable bonds is 8. The molecule has 21 heavy (non-hydrogen) atoms. The van der Waals surface area contributed by atoms with E-state index in [1.54, 1.807) is 12.1 Å². The van der Waals surface area contributed by atoms with Crippen molar-refractivity contribution in [2.75, 3.05) is 38.0 Å². The van der Waals surface area contributed by atoms with Crippen molar-refractivity contribution in [2.45, 2.75) is 31.1 Å². The molecular weight excluding hydrogens is 288 g/mol. The fourth-order valence-electron chi connectivity index (χ4n) is 2.42. The molecule has 0 aliphatic carbocycles. The van der Waals surface area contributed by atoms with Crippen LogP contribution in [0.15, 0.2) is 23.2 Å². The minimum Gasteiger partial charge on any atom is -0.370 e. The summed E-state index contributed by atoms with van der Waals surface area (Å²) in [5.74, 6) is 0.686. The lowest BCUT2D eigenvalue weighted by atomic mass is 10.4. The number of hydrogen-bond donors (Lipinski definition) is 2. The topological polar surface area (TPSA) is 74.3 Å². The molecule has 1 aliphatic heterocycles. The van der Waals surface area contributed by atoms with Crippen LogP contribution in [0.1, 0.15) is 26.2 Å². The second kappa shape index (κ2) is 7.72. The molecule has 2 heterocycles. The van der Waals surface area contributed by atoms with Crippen LogP contribution >= 0.6 is 0 Å². The quantitative estimate of drug-likeness (QED) is 0.707. The first kappa shape index (κ1) is 16.2. The van der Waals surface area contributed by atoms with Gasteiger partial charge in [-0.25, -0.2) is 18.1 Å². The Morgan fingerprint density at radius 3 is 2.67 bits per heavy atom. The van der Waals surface area contributed by atoms with Gasteiger partial charge in [0.15, 0.2) is 0 Å². The third kappa shape index (κ3) is 4.94. The van der Waals surface area contributed by atoms with Gasteiger partial charge in [-0.3, -0.25) is 0 Å². The molecule has 0 aromatic carbocycles. The standard InChI is InChI=1S/C14H24N4O2S/c1-2-15-14-7-6-13(12-16-14)21(19,20)17-8-5-11-18-9-3-4-10-18/h6-7,12,17H,2-5,8-11H2,1H3,(H,15,16). The van der Waals surface area contributed by atoms with Gasteiger partial charge in [-0.2, -0.15) is 0 Å². The average molecular weight is 312 g/mol. The summed E-state index contributed by atoms with van der Waals surface area (Å²) in [4.78, 5) is 6.68. The van der Waals surface area contributed by atoms with Gasteiger partial charge >= 0.3 is 0 Å². The van der Waals surface area contributed by atoms with Crippen molar-refractivity contribution in [3.8, 4) is 0 Å². The van der Waals surface area contributed by atoms with Crippen LogP contribution in [0.5, 0.6) is 0 Å². The highest BCUT2D eigenvalue weighted by molar-refractivity contribution is 7.89. The predicted octanol–water partition coefficient (Wildman–Crippen LogP) is 1.28. The van der Waals surface area contributed by atoms with E-state index in [-0.39, 0.29) is 4.90 Å². The molecular formula is C14H24N4O2S. The Morgan fingerprint density at radius 2 is 2.05 bits per heavy atom. The van der Waals surface area contributed by atoms with Crippen LogP contribution in [0.4, 0.5) is 5.82 Å². The van der Waals surface area contributed by atoms with E-state index in [0.29, 0.717) is 12.4 Å². The van der Waals surface area contributed by atoms with Gasteiger partial charge in [0.2, 0.25) is 10.0 Å². The summed E-state index contributed by atoms with van der Waals surface area (Å²) in [7, 11) is -3.45. The van der Waals surface area contributed by atoms with Crippen LogP contribution in [-0.2, 0) is 10.0 Å². The highest BCUT2D eigenvalue weighted by Crippen LogP contribution is 2.11. The molecule has 0 unspecified atom stereocenters. The number of likely N-dealkylation sites (tertiary alicyclic amines) is 1. The van der Waals surface area contributed by atoms with Crippen molar-refractivity contribution >= 4 is 15.8 Å². The highest BCUT2D eigenvalue weighted by Gasteiger charge is 2.15. The van der Waals surface area contributed by atoms with E-state index < -0.39 is 10.0 Å². The second-order valence-corrected chi connectivity index (χ2v) is 6.98. The molecule has 1 aliphatic rings. The second-order valence-electron chi connectivity index (χ2n) is 5.21. The van der Waals surface area contributed by atoms with Crippen LogP contribution in [0, 0.1) is 0 Å². The number of sulfonamides is 1. The molecule has 1 aromatic rings. The lowest BCUT2D eigenvalue weighted by molar-refractivity contribution is 0.334. The van der Waals surface area contributed by atoms with Crippen molar-refractivity contribution in [2.24, 2.45) is 0 Å². The fraction of sp³-hybridized carbons (Fsp3) is 0.643. The lowest BCUT2D eigenvalue weighted by Crippen LogP contribution is -2.28. The molecule has 1 fully saturated rings. The van der Waals surface area contributed by atoms with Crippen LogP contribution in [0.25, 0.3) is 0 Å². The maximum atomic E-state index is 12.1. The van der Waals surface area contributed by atoms with Crippen LogP contribution in [-0.4, -0.2) is 51.0 Å². The third-order valence-electron chi connectivity index (χ3n) is 3.55. The molecule has 2 rings (SSSR count). The van der Waals surface area contributed by atoms with Crippen LogP contribution in [0.2, 0.25) is 0 Å². The zero-order valence-corrected chi connectivity index (χ0v) is 13.3. The molecule has 0 saturated carbocycles. The zero-order valence-electron chi connectivity index (χ0n) is 12.5. The van der Waals surface area contributed by atoms with Gasteiger partial charge in [-0.05, 0) is 58.0 Å². The molecule has 6 nitrogen and oxygen atoms in total. The Labute approximate surface area is 127 Å². The summed E-state index contributed by atoms with van der Waals surface area (Å²) in [6, 6.07) is 3.26. The highest BCUT2D eigenvalue weighted by atomic mass is 32.2. The van der Waals surface area contributed by atoms with Gasteiger partial charge in [-0.1, -0.05) is 0 Å². The molecule has 118 valence electrons. The number of nitrogens with one attached hydrogen (secondary N) is 2. The number of pyridine rings is 1. The largest absolute Gasteiger partial charge is 0.370 e. The average Bonchev–Trinajstić information content (AvgIpc) is 2.98. The molecule has 0 amide bonds. The molecule has 1 saturated heterocycles. The number of anilines is 1. The first-order valence-electron chi connectivity index (χ1n) is 7.54. The molecule has 2 N–H and O–H groups in total. The molecule has 0 spiro atoms. The lowest BCUT2D eigenvalue weighted by Gasteiger charge is -2.14. The van der Waals surface area contributed by atoms with Gasteiger partial charge in [-0.15, -0.1) is 0 Å². The fourth-order valence-corrected chi connectivity index (χ4v) is 3.44. The van der Waals surface area contributed by atoms with Gasteiger partial charge in [0.1, 0.15) is 10.7 Å². The van der Waals surface area contributed by atoms with E-state index in [2.05, 4.69) is 19.9 Å². The summed E-state index contributed by atoms with van der Waals surface area (Å²) in [6.07, 6.45) is 4.74. The number of aromatic nitrogens is 1. The SMILES string of the molecule is CCNc1ccc(S(=O)(=O)NCCCN2CCCC2)cn1. The third-order valence-corrected chi connectivity index (χ3v) is 4.99. The van der Waals surface area contributed by atoms with Crippen molar-refractivity contribution < 1.29 is 8.42 Å². The maximum absolute atomic E-state index is 12.1. The minimum absolute atomic E-state index is 0.213. The Balaban J connectivity index is 1.80. The van der Waals surface area contributed by atoms with Gasteiger partial charge in [0.05, 0.1) is 0 Å². The van der Waals surface area contributed by atoms with E-state index in [0.717, 1.165) is 32.6 Å². The first-order valence-corrected chi connectivity index (χ1v) is 9.02. The Hall–Kier alpha value is -1.18. The monoisotopic (exact) mass is 312 g/mol. The normalized spacial score (nSPS) is 16.2. The molecule has 0 atom stereocenters. The zero-order chi connectivity index (χ0) is 15.1. The molecule has 7 heteroatoms. The van der Waals surface area contributed by atoms with Crippen molar-refractivity contribution in [1.82, 2.24) is 14.6 Å². The number of hydrogen-bond acceptors (Lipinski definition) is 5. The van der Waals surface area contributed by atoms with E-state index in [4.69, 9.17) is 0 Å². The molecule has 0 radical (unpaired) electrons. The van der Waals surface area contributed by atoms with E-state index in [1.165, 1.54) is 19.0 Å². The Kier molecular flexibility index (Phi) is 5.96. The molecule has 1 aromatic heterocycles. The van der Waals surface area contributed by atoms with E-state index in [1.807, 2.05) is 6.92 Å². The summed E-state index contributed by atoms with van der Waals surface area (Å²) >= 11 is 0. The van der Waals surface area contributed by atoms with Gasteiger partial charge in [0, 0.05) is 19.3 Å². The summed E-state index contributed by atoms with van der Waals surface area (Å²) < 4.78 is 26.9. The minimum atomic E-state index is -3.45. The Bertz CT molecular complexity index is 524. The first-order chi connectivity index (χ1) is 10.1. The molecule has 0 bridgehead atoms. The van der Waals surface area contributed by atoms with Crippen molar-refractivity contribution in [3.05, 3.63) is 18.3 Å². The van der Waals surface area contributed by atoms with E-state index >= 15 is 0 Å².